The van der Waals surface area contributed by atoms with Gasteiger partial charge >= 0.3 is 0 Å². The van der Waals surface area contributed by atoms with E-state index < -0.39 is 86.8 Å². The summed E-state index contributed by atoms with van der Waals surface area (Å²) in [5.74, 6) is -0.256. The van der Waals surface area contributed by atoms with E-state index in [9.17, 15) is 45.6 Å². The summed E-state index contributed by atoms with van der Waals surface area (Å²) in [6.07, 6.45) is 51.8. The summed E-state index contributed by atoms with van der Waals surface area (Å²) in [4.78, 5) is 13.3. The molecule has 0 aliphatic carbocycles. The molecule has 12 unspecified atom stereocenters. The van der Waals surface area contributed by atoms with Crippen LogP contribution in [0.1, 0.15) is 284 Å². The molecule has 0 aromatic heterocycles. The van der Waals surface area contributed by atoms with Crippen molar-refractivity contribution in [3.63, 3.8) is 0 Å². The van der Waals surface area contributed by atoms with Crippen LogP contribution >= 0.6 is 0 Å². The molecule has 9 N–H and O–H groups in total. The highest BCUT2D eigenvalue weighted by molar-refractivity contribution is 5.76. The number of carbonyl (C=O) groups excluding carboxylic acids is 1. The number of ether oxygens (including phenoxy) is 4. The van der Waals surface area contributed by atoms with Gasteiger partial charge in [0.25, 0.3) is 0 Å². The van der Waals surface area contributed by atoms with Gasteiger partial charge in [-0.05, 0) is 64.2 Å². The molecule has 0 saturated carbocycles. The summed E-state index contributed by atoms with van der Waals surface area (Å²) in [6.45, 7) is 2.78. The zero-order valence-corrected chi connectivity index (χ0v) is 52.0. The molecule has 480 valence electrons. The Bertz CT molecular complexity index is 1560. The molecule has 0 aromatic rings. The molecule has 12 atom stereocenters. The fourth-order valence-electron chi connectivity index (χ4n) is 11.0. The monoisotopic (exact) mass is 1160 g/mol. The summed E-state index contributed by atoms with van der Waals surface area (Å²) < 4.78 is 22.8. The largest absolute Gasteiger partial charge is 0.394 e. The maximum Gasteiger partial charge on any atom is 0.220 e. The van der Waals surface area contributed by atoms with Gasteiger partial charge in [-0.25, -0.2) is 0 Å². The first-order valence-corrected chi connectivity index (χ1v) is 33.9. The van der Waals surface area contributed by atoms with Crippen molar-refractivity contribution in [3.05, 3.63) is 48.6 Å². The number of rotatable bonds is 55. The zero-order valence-electron chi connectivity index (χ0n) is 52.0. The lowest BCUT2D eigenvalue weighted by Gasteiger charge is -2.46. The molecular weight excluding hydrogens is 1040 g/mol. The molecule has 0 aromatic carbocycles. The first-order chi connectivity index (χ1) is 40.1. The number of aliphatic hydroxyl groups is 8. The van der Waals surface area contributed by atoms with Gasteiger partial charge in [0.2, 0.25) is 5.91 Å². The van der Waals surface area contributed by atoms with Crippen molar-refractivity contribution in [3.8, 4) is 0 Å². The van der Waals surface area contributed by atoms with Crippen molar-refractivity contribution >= 4 is 5.91 Å². The number of allylic oxidation sites excluding steroid dienone is 7. The van der Waals surface area contributed by atoms with Crippen LogP contribution in [0.2, 0.25) is 0 Å². The van der Waals surface area contributed by atoms with Gasteiger partial charge in [0.1, 0.15) is 48.8 Å². The second kappa shape index (κ2) is 53.2. The van der Waals surface area contributed by atoms with E-state index in [4.69, 9.17) is 18.9 Å². The van der Waals surface area contributed by atoms with Crippen molar-refractivity contribution < 1.29 is 64.6 Å². The van der Waals surface area contributed by atoms with Gasteiger partial charge in [-0.3, -0.25) is 4.79 Å². The topological polar surface area (TPSA) is 228 Å². The molecule has 2 heterocycles. The van der Waals surface area contributed by atoms with Crippen LogP contribution in [0.15, 0.2) is 48.6 Å². The minimum Gasteiger partial charge on any atom is -0.394 e. The molecule has 14 heteroatoms. The van der Waals surface area contributed by atoms with Gasteiger partial charge in [0.05, 0.1) is 32.0 Å². The Kier molecular flexibility index (Phi) is 49.3. The van der Waals surface area contributed by atoms with Crippen LogP contribution in [-0.2, 0) is 23.7 Å². The highest BCUT2D eigenvalue weighted by Crippen LogP contribution is 2.30. The Hall–Kier alpha value is -2.05. The number of amides is 1. The molecule has 14 nitrogen and oxygen atoms in total. The second-order valence-corrected chi connectivity index (χ2v) is 23.9. The normalized spacial score (nSPS) is 24.2. The number of carbonyl (C=O) groups is 1. The molecule has 0 radical (unpaired) electrons. The number of unbranched alkanes of at least 4 members (excludes halogenated alkanes) is 36. The van der Waals surface area contributed by atoms with Crippen LogP contribution < -0.4 is 5.32 Å². The standard InChI is InChI=1S/C68H125NO13/c1-3-5-7-9-11-13-15-17-19-21-22-23-24-25-26-27-28-29-30-31-32-33-34-36-37-39-41-43-45-47-49-51-57(72)56(69-60(73)52-50-48-46-44-42-40-38-35-20-18-16-14-12-10-8-6-4-2)55-79-67-65(78)63(76)66(59(54-71)81-67)82-68-64(77)62(75)61(74)58(53-70)80-68/h12,14,18,20,41,43,49,51,56-59,61-68,70-72,74-78H,3-11,13,15-17,19,21-40,42,44-48,50,52-55H2,1-2H3,(H,69,73)/b14-12-,20-18-,43-41+,51-49+. The van der Waals surface area contributed by atoms with Gasteiger partial charge in [0, 0.05) is 6.42 Å². The summed E-state index contributed by atoms with van der Waals surface area (Å²) in [5, 5.41) is 87.3. The lowest BCUT2D eigenvalue weighted by molar-refractivity contribution is -0.359. The maximum absolute atomic E-state index is 13.3. The molecule has 2 saturated heterocycles. The van der Waals surface area contributed by atoms with Crippen molar-refractivity contribution in [2.45, 2.75) is 357 Å². The van der Waals surface area contributed by atoms with Crippen molar-refractivity contribution in [1.29, 1.82) is 0 Å². The minimum absolute atomic E-state index is 0.256. The first-order valence-electron chi connectivity index (χ1n) is 33.9. The quantitative estimate of drug-likeness (QED) is 0.0204. The van der Waals surface area contributed by atoms with Crippen LogP contribution in [0.25, 0.3) is 0 Å². The Morgan fingerprint density at radius 3 is 1.29 bits per heavy atom. The van der Waals surface area contributed by atoms with Gasteiger partial charge in [-0.2, -0.15) is 0 Å². The summed E-state index contributed by atoms with van der Waals surface area (Å²) in [6, 6.07) is -0.938. The number of nitrogens with one attached hydrogen (secondary N) is 1. The van der Waals surface area contributed by atoms with E-state index >= 15 is 0 Å². The zero-order chi connectivity index (χ0) is 59.5. The molecule has 0 spiro atoms. The third-order valence-corrected chi connectivity index (χ3v) is 16.5. The van der Waals surface area contributed by atoms with Gasteiger partial charge in [0.15, 0.2) is 12.6 Å². The molecule has 82 heavy (non-hydrogen) atoms. The SMILES string of the molecule is CCCCC/C=C\C/C=C\CCCCCCCCCC(=O)NC(COC1OC(CO)C(OC2OC(CO)C(O)C(O)C2O)C(O)C1O)C(O)/C=C/CC/C=C/CCCCCCCCCCCCCCCCCCCCCCCCCCC. The fraction of sp³-hybridized carbons (Fsp3) is 0.868. The maximum atomic E-state index is 13.3. The highest BCUT2D eigenvalue weighted by Gasteiger charge is 2.51. The molecule has 0 bridgehead atoms. The van der Waals surface area contributed by atoms with Gasteiger partial charge in [-0.1, -0.05) is 262 Å². The Balaban J connectivity index is 1.69. The Labute approximate surface area is 499 Å². The summed E-state index contributed by atoms with van der Waals surface area (Å²) in [7, 11) is 0. The third kappa shape index (κ3) is 37.5. The van der Waals surface area contributed by atoms with Crippen molar-refractivity contribution in [1.82, 2.24) is 5.32 Å². The molecule has 2 rings (SSSR count). The smallest absolute Gasteiger partial charge is 0.220 e. The number of hydrogen-bond donors (Lipinski definition) is 9. The lowest BCUT2D eigenvalue weighted by Crippen LogP contribution is -2.65. The van der Waals surface area contributed by atoms with Gasteiger partial charge < -0.3 is 65.1 Å². The van der Waals surface area contributed by atoms with Crippen LogP contribution in [0.5, 0.6) is 0 Å². The van der Waals surface area contributed by atoms with E-state index in [2.05, 4.69) is 55.6 Å². The molecule has 2 aliphatic heterocycles. The molecule has 2 aliphatic rings. The average molecular weight is 1160 g/mol. The van der Waals surface area contributed by atoms with E-state index in [1.165, 1.54) is 199 Å². The van der Waals surface area contributed by atoms with E-state index in [0.29, 0.717) is 12.8 Å². The fourth-order valence-corrected chi connectivity index (χ4v) is 11.0. The van der Waals surface area contributed by atoms with Crippen LogP contribution in [0.4, 0.5) is 0 Å². The minimum atomic E-state index is -1.79. The van der Waals surface area contributed by atoms with E-state index in [1.54, 1.807) is 6.08 Å². The summed E-state index contributed by atoms with van der Waals surface area (Å²) in [5.41, 5.74) is 0. The predicted octanol–water partition coefficient (Wildman–Crippen LogP) is 13.1. The summed E-state index contributed by atoms with van der Waals surface area (Å²) >= 11 is 0. The molecule has 1 amide bonds. The van der Waals surface area contributed by atoms with E-state index in [0.717, 1.165) is 51.4 Å². The predicted molar refractivity (Wildman–Crippen MR) is 332 cm³/mol. The molecular formula is C68H125NO13. The van der Waals surface area contributed by atoms with Crippen LogP contribution in [0.3, 0.4) is 0 Å². The number of aliphatic hydroxyl groups excluding tert-OH is 8. The van der Waals surface area contributed by atoms with Crippen molar-refractivity contribution in [2.75, 3.05) is 19.8 Å². The van der Waals surface area contributed by atoms with E-state index in [1.807, 2.05) is 6.08 Å². The van der Waals surface area contributed by atoms with Crippen molar-refractivity contribution in [2.24, 2.45) is 0 Å². The van der Waals surface area contributed by atoms with Crippen LogP contribution in [0, 0.1) is 0 Å². The van der Waals surface area contributed by atoms with Crippen LogP contribution in [-0.4, -0.2) is 140 Å². The van der Waals surface area contributed by atoms with E-state index in [-0.39, 0.29) is 18.9 Å². The van der Waals surface area contributed by atoms with Gasteiger partial charge in [-0.15, -0.1) is 0 Å². The third-order valence-electron chi connectivity index (χ3n) is 16.5. The number of hydrogen-bond acceptors (Lipinski definition) is 13. The second-order valence-electron chi connectivity index (χ2n) is 23.9. The average Bonchev–Trinajstić information content (AvgIpc) is 3.49. The Morgan fingerprint density at radius 2 is 0.817 bits per heavy atom. The highest BCUT2D eigenvalue weighted by atomic mass is 16.7. The molecule has 2 fully saturated rings. The Morgan fingerprint density at radius 1 is 0.439 bits per heavy atom. The first kappa shape index (κ1) is 76.0. The lowest BCUT2D eigenvalue weighted by atomic mass is 9.97.